The molecule has 152 valence electrons. The number of aromatic amines is 1. The van der Waals surface area contributed by atoms with Crippen LogP contribution >= 0.6 is 0 Å². The maximum Gasteiger partial charge on any atom is 0.149 e. The van der Waals surface area contributed by atoms with E-state index < -0.39 is 0 Å². The third-order valence-corrected chi connectivity index (χ3v) is 5.42. The zero-order valence-electron chi connectivity index (χ0n) is 16.9. The number of hydrogen-bond acceptors (Lipinski definition) is 3. The highest BCUT2D eigenvalue weighted by atomic mass is 19.1. The molecule has 0 saturated heterocycles. The average molecular weight is 417 g/mol. The van der Waals surface area contributed by atoms with E-state index in [0.29, 0.717) is 34.5 Å². The number of nitrogens with zero attached hydrogens (tertiary/aromatic N) is 4. The molecule has 0 aliphatic carbocycles. The van der Waals surface area contributed by atoms with Crippen molar-refractivity contribution in [1.29, 1.82) is 10.5 Å². The molecule has 2 aromatic heterocycles. The van der Waals surface area contributed by atoms with Crippen molar-refractivity contribution in [3.63, 3.8) is 0 Å². The first-order valence-electron chi connectivity index (χ1n) is 9.99. The Morgan fingerprint density at radius 2 is 1.88 bits per heavy atom. The lowest BCUT2D eigenvalue weighted by Crippen LogP contribution is -2.00. The van der Waals surface area contributed by atoms with Crippen LogP contribution in [0.15, 0.2) is 72.9 Å². The number of nitrogens with one attached hydrogen (secondary N) is 1. The number of H-pyrrole nitrogens is 1. The second-order valence-corrected chi connectivity index (χ2v) is 7.42. The second kappa shape index (κ2) is 7.86. The molecule has 32 heavy (non-hydrogen) atoms. The van der Waals surface area contributed by atoms with Crippen LogP contribution in [0.4, 0.5) is 4.39 Å². The predicted octanol–water partition coefficient (Wildman–Crippen LogP) is 5.64. The number of hydrogen-bond donors (Lipinski definition) is 1. The second-order valence-electron chi connectivity index (χ2n) is 7.42. The van der Waals surface area contributed by atoms with Gasteiger partial charge in [0.2, 0.25) is 0 Å². The van der Waals surface area contributed by atoms with E-state index in [0.717, 1.165) is 22.0 Å². The van der Waals surface area contributed by atoms with Gasteiger partial charge in [-0.25, -0.2) is 9.37 Å². The van der Waals surface area contributed by atoms with Crippen LogP contribution in [0.25, 0.3) is 33.6 Å². The van der Waals surface area contributed by atoms with E-state index in [-0.39, 0.29) is 5.82 Å². The van der Waals surface area contributed by atoms with Gasteiger partial charge in [-0.2, -0.15) is 10.5 Å². The van der Waals surface area contributed by atoms with Gasteiger partial charge in [-0.15, -0.1) is 0 Å². The van der Waals surface area contributed by atoms with Crippen LogP contribution in [-0.4, -0.2) is 14.5 Å². The first-order valence-corrected chi connectivity index (χ1v) is 9.99. The largest absolute Gasteiger partial charge is 0.342 e. The molecular formula is C26H16FN5. The highest BCUT2D eigenvalue weighted by Crippen LogP contribution is 2.27. The number of fused-ring (bicyclic) bond motifs is 2. The van der Waals surface area contributed by atoms with Crippen LogP contribution in [0.2, 0.25) is 0 Å². The van der Waals surface area contributed by atoms with Gasteiger partial charge in [0.25, 0.3) is 0 Å². The number of imidazole rings is 1. The smallest absolute Gasteiger partial charge is 0.149 e. The zero-order valence-corrected chi connectivity index (χ0v) is 16.9. The summed E-state index contributed by atoms with van der Waals surface area (Å²) in [5, 5.41) is 20.2. The summed E-state index contributed by atoms with van der Waals surface area (Å²) >= 11 is 0. The molecule has 0 radical (unpaired) electrons. The normalized spacial score (nSPS) is 11.5. The van der Waals surface area contributed by atoms with E-state index in [1.54, 1.807) is 18.2 Å². The lowest BCUT2D eigenvalue weighted by atomic mass is 10.1. The Bertz CT molecular complexity index is 1590. The monoisotopic (exact) mass is 417 g/mol. The third kappa shape index (κ3) is 3.40. The van der Waals surface area contributed by atoms with E-state index in [2.05, 4.69) is 26.7 Å². The van der Waals surface area contributed by atoms with Gasteiger partial charge in [0.1, 0.15) is 17.7 Å². The molecule has 0 saturated carbocycles. The number of para-hydroxylation sites is 1. The zero-order chi connectivity index (χ0) is 22.1. The van der Waals surface area contributed by atoms with Crippen molar-refractivity contribution in [3.8, 4) is 12.1 Å². The number of halogens is 1. The molecule has 0 aliphatic heterocycles. The standard InChI is InChI=1S/C26H16FN5/c27-21-9-10-23-24(12-21)31-26(30-23)19(14-29)11-20-16-32(25-8-4-3-7-22(20)25)15-18-6-2-1-5-17(18)13-28/h1-12,16H,15H2,(H,30,31)/b19-11-. The lowest BCUT2D eigenvalue weighted by Gasteiger charge is -2.07. The maximum atomic E-state index is 13.5. The Labute approximate surface area is 183 Å². The minimum atomic E-state index is -0.365. The summed E-state index contributed by atoms with van der Waals surface area (Å²) in [4.78, 5) is 7.48. The van der Waals surface area contributed by atoms with Crippen molar-refractivity contribution in [2.75, 3.05) is 0 Å². The van der Waals surface area contributed by atoms with Gasteiger partial charge < -0.3 is 9.55 Å². The van der Waals surface area contributed by atoms with Crippen molar-refractivity contribution in [1.82, 2.24) is 14.5 Å². The fourth-order valence-corrected chi connectivity index (χ4v) is 3.89. The van der Waals surface area contributed by atoms with E-state index in [1.165, 1.54) is 12.1 Å². The minimum absolute atomic E-state index is 0.349. The molecule has 0 unspecified atom stereocenters. The van der Waals surface area contributed by atoms with Crippen LogP contribution < -0.4 is 0 Å². The highest BCUT2D eigenvalue weighted by Gasteiger charge is 2.13. The SMILES string of the molecule is N#C/C(=C/c1cn(Cc2ccccc2C#N)c2ccccc12)c1nc2ccc(F)cc2[nH]1. The van der Waals surface area contributed by atoms with Crippen LogP contribution in [0.3, 0.4) is 0 Å². The number of benzene rings is 3. The molecule has 5 rings (SSSR count). The molecule has 0 fully saturated rings. The molecule has 0 aliphatic rings. The van der Waals surface area contributed by atoms with Gasteiger partial charge in [-0.3, -0.25) is 0 Å². The van der Waals surface area contributed by atoms with E-state index in [9.17, 15) is 14.9 Å². The van der Waals surface area contributed by atoms with Gasteiger partial charge in [0, 0.05) is 29.2 Å². The minimum Gasteiger partial charge on any atom is -0.342 e. The molecule has 0 spiro atoms. The first kappa shape index (κ1) is 19.3. The van der Waals surface area contributed by atoms with Gasteiger partial charge in [-0.1, -0.05) is 36.4 Å². The summed E-state index contributed by atoms with van der Waals surface area (Å²) in [6, 6.07) is 24.2. The Balaban J connectivity index is 1.61. The Hall–Kier alpha value is -4.68. The molecule has 2 heterocycles. The molecule has 3 aromatic carbocycles. The quantitative estimate of drug-likeness (QED) is 0.384. The van der Waals surface area contributed by atoms with Crippen LogP contribution in [0.1, 0.15) is 22.5 Å². The summed E-state index contributed by atoms with van der Waals surface area (Å²) in [6.45, 7) is 0.532. The summed E-state index contributed by atoms with van der Waals surface area (Å²) in [5.74, 6) is 0.0238. The van der Waals surface area contributed by atoms with Crippen LogP contribution in [0, 0.1) is 28.5 Å². The highest BCUT2D eigenvalue weighted by molar-refractivity contribution is 5.98. The molecule has 0 bridgehead atoms. The first-order chi connectivity index (χ1) is 15.7. The summed E-state index contributed by atoms with van der Waals surface area (Å²) in [6.07, 6.45) is 3.75. The van der Waals surface area contributed by atoms with E-state index in [4.69, 9.17) is 0 Å². The molecule has 5 nitrogen and oxygen atoms in total. The fraction of sp³-hybridized carbons (Fsp3) is 0.0385. The Morgan fingerprint density at radius 3 is 2.72 bits per heavy atom. The predicted molar refractivity (Wildman–Crippen MR) is 122 cm³/mol. The van der Waals surface area contributed by atoms with Crippen LogP contribution in [-0.2, 0) is 6.54 Å². The van der Waals surface area contributed by atoms with Gasteiger partial charge >= 0.3 is 0 Å². The van der Waals surface area contributed by atoms with Crippen LogP contribution in [0.5, 0.6) is 0 Å². The average Bonchev–Trinajstić information content (AvgIpc) is 3.39. The fourth-order valence-electron chi connectivity index (χ4n) is 3.89. The van der Waals surface area contributed by atoms with Crippen molar-refractivity contribution in [3.05, 3.63) is 101 Å². The number of allylic oxidation sites excluding steroid dienone is 1. The molecule has 6 heteroatoms. The Morgan fingerprint density at radius 1 is 1.06 bits per heavy atom. The van der Waals surface area contributed by atoms with Crippen molar-refractivity contribution < 1.29 is 4.39 Å². The third-order valence-electron chi connectivity index (χ3n) is 5.42. The molecule has 0 atom stereocenters. The van der Waals surface area contributed by atoms with Gasteiger partial charge in [0.15, 0.2) is 0 Å². The van der Waals surface area contributed by atoms with Gasteiger partial charge in [0.05, 0.1) is 28.2 Å². The number of rotatable bonds is 4. The molecule has 0 amide bonds. The number of nitriles is 2. The summed E-state index contributed by atoms with van der Waals surface area (Å²) < 4.78 is 15.6. The maximum absolute atomic E-state index is 13.5. The number of aromatic nitrogens is 3. The van der Waals surface area contributed by atoms with E-state index in [1.807, 2.05) is 48.7 Å². The van der Waals surface area contributed by atoms with Crippen molar-refractivity contribution in [2.24, 2.45) is 0 Å². The molecule has 1 N–H and O–H groups in total. The topological polar surface area (TPSA) is 81.2 Å². The molecular weight excluding hydrogens is 401 g/mol. The van der Waals surface area contributed by atoms with Crippen molar-refractivity contribution in [2.45, 2.75) is 6.54 Å². The summed E-state index contributed by atoms with van der Waals surface area (Å²) in [7, 11) is 0. The Kier molecular flexibility index (Phi) is 4.74. The lowest BCUT2D eigenvalue weighted by molar-refractivity contribution is 0.629. The molecule has 5 aromatic rings. The summed E-state index contributed by atoms with van der Waals surface area (Å²) in [5.41, 5.74) is 4.89. The van der Waals surface area contributed by atoms with Gasteiger partial charge in [-0.05, 0) is 42.0 Å². The van der Waals surface area contributed by atoms with E-state index >= 15 is 0 Å². The van der Waals surface area contributed by atoms with Crippen molar-refractivity contribution >= 4 is 33.6 Å².